The lowest BCUT2D eigenvalue weighted by Crippen LogP contribution is -2.52. The van der Waals surface area contributed by atoms with Crippen molar-refractivity contribution in [3.05, 3.63) is 52.0 Å². The smallest absolute Gasteiger partial charge is 0.234 e. The van der Waals surface area contributed by atoms with Gasteiger partial charge in [0.1, 0.15) is 0 Å². The van der Waals surface area contributed by atoms with Crippen LogP contribution in [-0.2, 0) is 16.8 Å². The first kappa shape index (κ1) is 17.7. The van der Waals surface area contributed by atoms with Crippen molar-refractivity contribution >= 4 is 17.2 Å². The van der Waals surface area contributed by atoms with Gasteiger partial charge < -0.3 is 4.90 Å². The van der Waals surface area contributed by atoms with E-state index in [2.05, 4.69) is 59.1 Å². The highest BCUT2D eigenvalue weighted by molar-refractivity contribution is 7.10. The summed E-state index contributed by atoms with van der Waals surface area (Å²) in [6, 6.07) is 8.30. The van der Waals surface area contributed by atoms with Crippen molar-refractivity contribution in [2.45, 2.75) is 39.2 Å². The number of amides is 1. The summed E-state index contributed by atoms with van der Waals surface area (Å²) in [6.45, 7) is 10.9. The van der Waals surface area contributed by atoms with E-state index in [-0.39, 0.29) is 10.8 Å². The summed E-state index contributed by atoms with van der Waals surface area (Å²) in [6.07, 6.45) is 2.83. The van der Waals surface area contributed by atoms with Gasteiger partial charge in [-0.15, -0.1) is 11.3 Å². The molecule has 1 amide bonds. The van der Waals surface area contributed by atoms with Crippen molar-refractivity contribution in [1.82, 2.24) is 14.8 Å². The second-order valence-electron chi connectivity index (χ2n) is 8.28. The average Bonchev–Trinajstić information content (AvgIpc) is 3.00. The quantitative estimate of drug-likeness (QED) is 0.828. The van der Waals surface area contributed by atoms with Crippen molar-refractivity contribution in [3.63, 3.8) is 0 Å². The normalized spacial score (nSPS) is 25.3. The SMILES string of the molecule is Cc1cccnc1CN1CCN(C(=O)[C@@]2(c3cccs3)CC2(C)C)CC1. The predicted octanol–water partition coefficient (Wildman–Crippen LogP) is 3.46. The molecular weight excluding hydrogens is 342 g/mol. The Morgan fingerprint density at radius 3 is 2.50 bits per heavy atom. The van der Waals surface area contributed by atoms with E-state index in [1.165, 1.54) is 10.4 Å². The van der Waals surface area contributed by atoms with Crippen LogP contribution in [0.15, 0.2) is 35.8 Å². The highest BCUT2D eigenvalue weighted by Crippen LogP contribution is 2.66. The Morgan fingerprint density at radius 2 is 1.92 bits per heavy atom. The molecule has 1 aliphatic heterocycles. The number of pyridine rings is 1. The average molecular weight is 370 g/mol. The van der Waals surface area contributed by atoms with Gasteiger partial charge in [-0.3, -0.25) is 14.7 Å². The molecule has 0 radical (unpaired) electrons. The first-order valence-corrected chi connectivity index (χ1v) is 10.3. The van der Waals surface area contributed by atoms with Gasteiger partial charge in [0.05, 0.1) is 11.1 Å². The summed E-state index contributed by atoms with van der Waals surface area (Å²) >= 11 is 1.72. The molecule has 26 heavy (non-hydrogen) atoms. The zero-order chi connectivity index (χ0) is 18.4. The molecule has 1 aliphatic carbocycles. The lowest BCUT2D eigenvalue weighted by molar-refractivity contribution is -0.136. The molecule has 3 heterocycles. The first-order valence-electron chi connectivity index (χ1n) is 9.40. The van der Waals surface area contributed by atoms with E-state index in [4.69, 9.17) is 0 Å². The fraction of sp³-hybridized carbons (Fsp3) is 0.524. The minimum atomic E-state index is -0.291. The number of carbonyl (C=O) groups excluding carboxylic acids is 1. The molecule has 0 N–H and O–H groups in total. The number of aryl methyl sites for hydroxylation is 1. The summed E-state index contributed by atoms with van der Waals surface area (Å²) in [5, 5.41) is 2.09. The second kappa shape index (κ2) is 6.46. The highest BCUT2D eigenvalue weighted by Gasteiger charge is 2.68. The second-order valence-corrected chi connectivity index (χ2v) is 9.23. The van der Waals surface area contributed by atoms with Crippen molar-refractivity contribution < 1.29 is 4.79 Å². The van der Waals surface area contributed by atoms with Crippen LogP contribution in [0.2, 0.25) is 0 Å². The molecule has 2 aromatic rings. The fourth-order valence-corrected chi connectivity index (χ4v) is 5.40. The van der Waals surface area contributed by atoms with Crippen LogP contribution in [0.5, 0.6) is 0 Å². The minimum Gasteiger partial charge on any atom is -0.339 e. The predicted molar refractivity (Wildman–Crippen MR) is 105 cm³/mol. The number of carbonyl (C=O) groups is 1. The van der Waals surface area contributed by atoms with Gasteiger partial charge in [0.25, 0.3) is 0 Å². The van der Waals surface area contributed by atoms with Gasteiger partial charge in [0.2, 0.25) is 5.91 Å². The number of nitrogens with zero attached hydrogens (tertiary/aromatic N) is 3. The van der Waals surface area contributed by atoms with Gasteiger partial charge in [-0.05, 0) is 41.8 Å². The van der Waals surface area contributed by atoms with E-state index >= 15 is 0 Å². The maximum Gasteiger partial charge on any atom is 0.234 e. The van der Waals surface area contributed by atoms with Crippen molar-refractivity contribution in [2.75, 3.05) is 26.2 Å². The van der Waals surface area contributed by atoms with Gasteiger partial charge in [-0.1, -0.05) is 26.0 Å². The Balaban J connectivity index is 1.42. The van der Waals surface area contributed by atoms with Gasteiger partial charge in [-0.25, -0.2) is 0 Å². The van der Waals surface area contributed by atoms with Crippen LogP contribution in [0.3, 0.4) is 0 Å². The van der Waals surface area contributed by atoms with E-state index in [9.17, 15) is 4.79 Å². The van der Waals surface area contributed by atoms with E-state index < -0.39 is 0 Å². The number of piperazine rings is 1. The lowest BCUT2D eigenvalue weighted by Gasteiger charge is -2.37. The minimum absolute atomic E-state index is 0.0666. The van der Waals surface area contributed by atoms with Crippen LogP contribution in [0.1, 0.15) is 36.4 Å². The van der Waals surface area contributed by atoms with Crippen LogP contribution in [0, 0.1) is 12.3 Å². The van der Waals surface area contributed by atoms with Crippen molar-refractivity contribution in [2.24, 2.45) is 5.41 Å². The van der Waals surface area contributed by atoms with Gasteiger partial charge in [0.15, 0.2) is 0 Å². The summed E-state index contributed by atoms with van der Waals surface area (Å²) in [5.74, 6) is 0.332. The standard InChI is InChI=1S/C21H27N3OS/c1-16-6-4-8-22-17(16)14-23-9-11-24(12-10-23)19(25)21(15-20(21,2)3)18-7-5-13-26-18/h4-8,13H,9-12,14-15H2,1-3H3/t21-/m0/s1. The Hall–Kier alpha value is -1.72. The largest absolute Gasteiger partial charge is 0.339 e. The molecule has 138 valence electrons. The molecule has 1 saturated carbocycles. The zero-order valence-corrected chi connectivity index (χ0v) is 16.7. The van der Waals surface area contributed by atoms with Crippen LogP contribution in [0.4, 0.5) is 0 Å². The fourth-order valence-electron chi connectivity index (χ4n) is 4.31. The Labute approximate surface area is 159 Å². The Bertz CT molecular complexity index is 793. The van der Waals surface area contributed by atoms with Crippen LogP contribution < -0.4 is 0 Å². The molecule has 4 rings (SSSR count). The molecule has 0 unspecified atom stereocenters. The summed E-state index contributed by atoms with van der Waals surface area (Å²) in [4.78, 5) is 23.7. The molecule has 1 atom stereocenters. The van der Waals surface area contributed by atoms with E-state index in [0.717, 1.165) is 44.8 Å². The number of aromatic nitrogens is 1. The van der Waals surface area contributed by atoms with Crippen LogP contribution >= 0.6 is 11.3 Å². The summed E-state index contributed by atoms with van der Waals surface area (Å²) in [7, 11) is 0. The van der Waals surface area contributed by atoms with Crippen LogP contribution in [-0.4, -0.2) is 46.9 Å². The van der Waals surface area contributed by atoms with E-state index in [1.807, 2.05) is 12.3 Å². The Morgan fingerprint density at radius 1 is 1.19 bits per heavy atom. The lowest BCUT2D eigenvalue weighted by atomic mass is 9.92. The molecule has 2 aliphatic rings. The topological polar surface area (TPSA) is 36.4 Å². The van der Waals surface area contributed by atoms with E-state index in [1.54, 1.807) is 11.3 Å². The van der Waals surface area contributed by atoms with Crippen molar-refractivity contribution in [3.8, 4) is 0 Å². The number of hydrogen-bond donors (Lipinski definition) is 0. The number of thiophene rings is 1. The summed E-state index contributed by atoms with van der Waals surface area (Å²) in [5.41, 5.74) is 2.16. The molecule has 1 saturated heterocycles. The third-order valence-corrected chi connectivity index (χ3v) is 7.23. The number of hydrogen-bond acceptors (Lipinski definition) is 4. The number of rotatable bonds is 4. The monoisotopic (exact) mass is 369 g/mol. The molecule has 0 bridgehead atoms. The van der Waals surface area contributed by atoms with Gasteiger partial charge >= 0.3 is 0 Å². The van der Waals surface area contributed by atoms with Crippen LogP contribution in [0.25, 0.3) is 0 Å². The third-order valence-electron chi connectivity index (χ3n) is 6.20. The highest BCUT2D eigenvalue weighted by atomic mass is 32.1. The zero-order valence-electron chi connectivity index (χ0n) is 15.9. The maximum absolute atomic E-state index is 13.4. The summed E-state index contributed by atoms with van der Waals surface area (Å²) < 4.78 is 0. The molecule has 5 heteroatoms. The molecule has 2 fully saturated rings. The van der Waals surface area contributed by atoms with E-state index in [0.29, 0.717) is 5.91 Å². The molecule has 0 spiro atoms. The molecular formula is C21H27N3OS. The van der Waals surface area contributed by atoms with Gasteiger partial charge in [0, 0.05) is 43.8 Å². The molecule has 0 aromatic carbocycles. The third kappa shape index (κ3) is 2.87. The van der Waals surface area contributed by atoms with Gasteiger partial charge in [-0.2, -0.15) is 0 Å². The first-order chi connectivity index (χ1) is 12.4. The molecule has 4 nitrogen and oxygen atoms in total. The molecule has 2 aromatic heterocycles. The van der Waals surface area contributed by atoms with Crippen molar-refractivity contribution in [1.29, 1.82) is 0 Å². The maximum atomic E-state index is 13.4. The Kier molecular flexibility index (Phi) is 4.40.